The van der Waals surface area contributed by atoms with E-state index in [4.69, 9.17) is 4.42 Å². The van der Waals surface area contributed by atoms with Crippen molar-refractivity contribution < 1.29 is 22.7 Å². The summed E-state index contributed by atoms with van der Waals surface area (Å²) in [6.45, 7) is 5.33. The third kappa shape index (κ3) is 4.26. The van der Waals surface area contributed by atoms with Crippen molar-refractivity contribution in [2.75, 3.05) is 5.75 Å². The maximum Gasteiger partial charge on any atom is 0.218 e. The molecule has 1 N–H and O–H groups in total. The highest BCUT2D eigenvalue weighted by molar-refractivity contribution is 7.92. The Balaban J connectivity index is 1.57. The standard InChI is InChI=1S/C24H30O5S/c1-15(16-7-8-16)20-10-9-17-5-4-6-21(17)22(20)12-19(25)14-30(27,28)23-11-18(13-29-23)24(2,3)26/h9-11,13,15-16,26H,4-8,12,14H2,1-3H3/t15-/m1/s1. The molecule has 6 heteroatoms. The summed E-state index contributed by atoms with van der Waals surface area (Å²) in [7, 11) is -3.90. The number of ketones is 1. The van der Waals surface area contributed by atoms with E-state index in [1.807, 2.05) is 0 Å². The number of carbonyl (C=O) groups excluding carboxylic acids is 1. The maximum atomic E-state index is 12.9. The summed E-state index contributed by atoms with van der Waals surface area (Å²) >= 11 is 0. The fourth-order valence-corrected chi connectivity index (χ4v) is 5.75. The molecule has 1 aromatic heterocycles. The molecule has 1 aromatic carbocycles. The monoisotopic (exact) mass is 430 g/mol. The zero-order valence-electron chi connectivity index (χ0n) is 17.9. The van der Waals surface area contributed by atoms with E-state index in [9.17, 15) is 18.3 Å². The quantitative estimate of drug-likeness (QED) is 0.682. The van der Waals surface area contributed by atoms with Gasteiger partial charge in [-0.05, 0) is 80.0 Å². The summed E-state index contributed by atoms with van der Waals surface area (Å²) in [5, 5.41) is 9.78. The number of benzene rings is 1. The highest BCUT2D eigenvalue weighted by atomic mass is 32.2. The number of rotatable bonds is 8. The van der Waals surface area contributed by atoms with Gasteiger partial charge in [0.1, 0.15) is 5.75 Å². The highest BCUT2D eigenvalue weighted by Crippen LogP contribution is 2.44. The molecule has 0 radical (unpaired) electrons. The molecular formula is C24H30O5S. The minimum atomic E-state index is -3.90. The minimum Gasteiger partial charge on any atom is -0.453 e. The number of Topliss-reactive ketones (excluding diaryl/α,β-unsaturated/α-hetero) is 1. The second-order valence-electron chi connectivity index (χ2n) is 9.44. The molecule has 2 aliphatic carbocycles. The number of aryl methyl sites for hydroxylation is 1. The third-order valence-corrected chi connectivity index (χ3v) is 8.10. The Morgan fingerprint density at radius 2 is 2.00 bits per heavy atom. The van der Waals surface area contributed by atoms with E-state index in [-0.39, 0.29) is 17.3 Å². The molecule has 0 aliphatic heterocycles. The molecule has 1 saturated carbocycles. The summed E-state index contributed by atoms with van der Waals surface area (Å²) in [5.74, 6) is 0.160. The fourth-order valence-electron chi connectivity index (χ4n) is 4.58. The van der Waals surface area contributed by atoms with Gasteiger partial charge in [0.05, 0.1) is 11.9 Å². The number of fused-ring (bicyclic) bond motifs is 1. The number of hydrogen-bond acceptors (Lipinski definition) is 5. The lowest BCUT2D eigenvalue weighted by Gasteiger charge is -2.19. The lowest BCUT2D eigenvalue weighted by molar-refractivity contribution is -0.116. The van der Waals surface area contributed by atoms with Crippen LogP contribution in [0.4, 0.5) is 0 Å². The van der Waals surface area contributed by atoms with Gasteiger partial charge in [0.15, 0.2) is 5.78 Å². The average Bonchev–Trinajstić information content (AvgIpc) is 3.16. The van der Waals surface area contributed by atoms with Crippen LogP contribution in [0, 0.1) is 5.92 Å². The minimum absolute atomic E-state index is 0.147. The first-order valence-electron chi connectivity index (χ1n) is 10.8. The van der Waals surface area contributed by atoms with Crippen molar-refractivity contribution in [3.8, 4) is 0 Å². The van der Waals surface area contributed by atoms with Crippen LogP contribution in [0.15, 0.2) is 34.0 Å². The summed E-state index contributed by atoms with van der Waals surface area (Å²) in [4.78, 5) is 12.9. The van der Waals surface area contributed by atoms with E-state index in [2.05, 4.69) is 19.1 Å². The van der Waals surface area contributed by atoms with Crippen LogP contribution in [0.1, 0.15) is 73.8 Å². The summed E-state index contributed by atoms with van der Waals surface area (Å²) < 4.78 is 30.7. The summed E-state index contributed by atoms with van der Waals surface area (Å²) in [6, 6.07) is 5.66. The number of hydrogen-bond donors (Lipinski definition) is 1. The van der Waals surface area contributed by atoms with E-state index in [0.717, 1.165) is 24.8 Å². The second kappa shape index (κ2) is 7.65. The SMILES string of the molecule is C[C@@H](c1ccc2c(c1CC(=O)CS(=O)(=O)c1cc(C(C)(C)O)co1)CCC2)C1CC1. The Bertz CT molecular complexity index is 1070. The Labute approximate surface area is 178 Å². The predicted octanol–water partition coefficient (Wildman–Crippen LogP) is 4.09. The van der Waals surface area contributed by atoms with Crippen molar-refractivity contribution in [2.24, 2.45) is 5.92 Å². The number of aliphatic hydroxyl groups is 1. The molecule has 30 heavy (non-hydrogen) atoms. The third-order valence-electron chi connectivity index (χ3n) is 6.57. The Morgan fingerprint density at radius 1 is 1.27 bits per heavy atom. The fraction of sp³-hybridized carbons (Fsp3) is 0.542. The van der Waals surface area contributed by atoms with E-state index < -0.39 is 21.2 Å². The molecule has 0 spiro atoms. The molecule has 5 nitrogen and oxygen atoms in total. The van der Waals surface area contributed by atoms with Gasteiger partial charge in [-0.2, -0.15) is 0 Å². The average molecular weight is 431 g/mol. The highest BCUT2D eigenvalue weighted by Gasteiger charge is 2.33. The van der Waals surface area contributed by atoms with Crippen LogP contribution in [-0.2, 0) is 39.5 Å². The van der Waals surface area contributed by atoms with Gasteiger partial charge in [-0.3, -0.25) is 4.79 Å². The summed E-state index contributed by atoms with van der Waals surface area (Å²) in [6.07, 6.45) is 6.90. The number of carbonyl (C=O) groups is 1. The molecule has 0 unspecified atom stereocenters. The van der Waals surface area contributed by atoms with Crippen molar-refractivity contribution >= 4 is 15.6 Å². The van der Waals surface area contributed by atoms with Crippen LogP contribution >= 0.6 is 0 Å². The van der Waals surface area contributed by atoms with Crippen LogP contribution in [0.3, 0.4) is 0 Å². The normalized spacial score (nSPS) is 17.7. The van der Waals surface area contributed by atoms with E-state index >= 15 is 0 Å². The van der Waals surface area contributed by atoms with E-state index in [1.54, 1.807) is 13.8 Å². The topological polar surface area (TPSA) is 84.6 Å². The van der Waals surface area contributed by atoms with E-state index in [0.29, 0.717) is 17.4 Å². The first-order chi connectivity index (χ1) is 14.1. The van der Waals surface area contributed by atoms with Crippen LogP contribution in [0.25, 0.3) is 0 Å². The molecule has 0 saturated heterocycles. The summed E-state index contributed by atoms with van der Waals surface area (Å²) in [5.41, 5.74) is 3.99. The van der Waals surface area contributed by atoms with Gasteiger partial charge in [0.25, 0.3) is 0 Å². The molecule has 2 aromatic rings. The van der Waals surface area contributed by atoms with Crippen molar-refractivity contribution in [3.63, 3.8) is 0 Å². The zero-order valence-corrected chi connectivity index (χ0v) is 18.7. The molecule has 4 rings (SSSR count). The molecular weight excluding hydrogens is 400 g/mol. The maximum absolute atomic E-state index is 12.9. The van der Waals surface area contributed by atoms with E-state index in [1.165, 1.54) is 41.9 Å². The first-order valence-corrected chi connectivity index (χ1v) is 12.4. The Morgan fingerprint density at radius 3 is 2.63 bits per heavy atom. The zero-order chi connectivity index (χ0) is 21.7. The predicted molar refractivity (Wildman–Crippen MR) is 114 cm³/mol. The van der Waals surface area contributed by atoms with Gasteiger partial charge in [-0.1, -0.05) is 19.1 Å². The number of furan rings is 1. The molecule has 1 fully saturated rings. The van der Waals surface area contributed by atoms with Gasteiger partial charge < -0.3 is 9.52 Å². The lowest BCUT2D eigenvalue weighted by Crippen LogP contribution is -2.20. The smallest absolute Gasteiger partial charge is 0.218 e. The van der Waals surface area contributed by atoms with Crippen molar-refractivity contribution in [3.05, 3.63) is 52.3 Å². The van der Waals surface area contributed by atoms with Crippen molar-refractivity contribution in [2.45, 2.75) is 75.9 Å². The largest absolute Gasteiger partial charge is 0.453 e. The Kier molecular flexibility index (Phi) is 5.43. The lowest BCUT2D eigenvalue weighted by atomic mass is 9.86. The molecule has 162 valence electrons. The molecule has 0 bridgehead atoms. The van der Waals surface area contributed by atoms with Gasteiger partial charge in [0.2, 0.25) is 14.9 Å². The van der Waals surface area contributed by atoms with Crippen LogP contribution in [-0.4, -0.2) is 25.1 Å². The Hall–Kier alpha value is -1.92. The van der Waals surface area contributed by atoms with Gasteiger partial charge in [0, 0.05) is 18.1 Å². The second-order valence-corrected chi connectivity index (χ2v) is 11.4. The molecule has 0 amide bonds. The molecule has 1 atom stereocenters. The van der Waals surface area contributed by atoms with Crippen LogP contribution < -0.4 is 0 Å². The van der Waals surface area contributed by atoms with Gasteiger partial charge in [-0.15, -0.1) is 0 Å². The first kappa shape index (κ1) is 21.3. The number of sulfone groups is 1. The van der Waals surface area contributed by atoms with Crippen molar-refractivity contribution in [1.29, 1.82) is 0 Å². The van der Waals surface area contributed by atoms with Crippen LogP contribution in [0.2, 0.25) is 0 Å². The van der Waals surface area contributed by atoms with Crippen molar-refractivity contribution in [1.82, 2.24) is 0 Å². The van der Waals surface area contributed by atoms with Gasteiger partial charge >= 0.3 is 0 Å². The van der Waals surface area contributed by atoms with Gasteiger partial charge in [-0.25, -0.2) is 8.42 Å². The molecule has 2 aliphatic rings. The molecule has 1 heterocycles. The van der Waals surface area contributed by atoms with Crippen LogP contribution in [0.5, 0.6) is 0 Å².